The fraction of sp³-hybridized carbons (Fsp3) is 0.222. The Labute approximate surface area is 228 Å². The Hall–Kier alpha value is -4.72. The first kappa shape index (κ1) is 27.8. The van der Waals surface area contributed by atoms with E-state index >= 15 is 0 Å². The highest BCUT2D eigenvalue weighted by molar-refractivity contribution is 5.98. The Morgan fingerprint density at radius 1 is 1.05 bits per heavy atom. The standard InChI is InChI=1S/C27H20F5N5O4/c1-12(38)14-3-4-16-15(7-14)8-22(39)23(16)36-26(41)21-9-20(35-24-19(29)11-34-37(21)24)25(40)33-10-13-2-5-18(28)17(6-13)27(30,31)32/h2-7,9,11,22-23,39H,8,10H2,1H3,(H,33,40)(H,36,41)/t22-,23+/m0/s1. The summed E-state index contributed by atoms with van der Waals surface area (Å²) in [5, 5.41) is 19.4. The van der Waals surface area contributed by atoms with E-state index in [0.29, 0.717) is 28.8 Å². The quantitative estimate of drug-likeness (QED) is 0.239. The van der Waals surface area contributed by atoms with Crippen molar-refractivity contribution in [2.24, 2.45) is 0 Å². The van der Waals surface area contributed by atoms with E-state index in [1.807, 2.05) is 0 Å². The van der Waals surface area contributed by atoms with Crippen LogP contribution in [-0.4, -0.2) is 43.4 Å². The van der Waals surface area contributed by atoms with Crippen LogP contribution >= 0.6 is 0 Å². The average molecular weight is 573 g/mol. The van der Waals surface area contributed by atoms with Gasteiger partial charge in [-0.05, 0) is 41.8 Å². The number of carbonyl (C=O) groups is 3. The Kier molecular flexibility index (Phi) is 7.03. The van der Waals surface area contributed by atoms with Gasteiger partial charge >= 0.3 is 6.18 Å². The number of ketones is 1. The maximum Gasteiger partial charge on any atom is 0.419 e. The van der Waals surface area contributed by atoms with Crippen LogP contribution in [0.2, 0.25) is 0 Å². The van der Waals surface area contributed by atoms with Crippen molar-refractivity contribution in [1.82, 2.24) is 25.2 Å². The number of fused-ring (bicyclic) bond motifs is 2. The van der Waals surface area contributed by atoms with Gasteiger partial charge in [-0.2, -0.15) is 18.3 Å². The normalized spacial score (nSPS) is 16.5. The molecule has 0 aliphatic heterocycles. The third-order valence-electron chi connectivity index (χ3n) is 6.67. The number of benzene rings is 2. The first-order valence-corrected chi connectivity index (χ1v) is 12.1. The maximum absolute atomic E-state index is 14.4. The van der Waals surface area contributed by atoms with Gasteiger partial charge in [0.2, 0.25) is 0 Å². The molecular weight excluding hydrogens is 553 g/mol. The van der Waals surface area contributed by atoms with Crippen molar-refractivity contribution in [3.63, 3.8) is 0 Å². The number of aliphatic hydroxyl groups excluding tert-OH is 1. The number of nitrogens with zero attached hydrogens (tertiary/aromatic N) is 3. The van der Waals surface area contributed by atoms with Crippen LogP contribution in [0.3, 0.4) is 0 Å². The summed E-state index contributed by atoms with van der Waals surface area (Å²) in [6.45, 7) is 0.947. The molecule has 2 heterocycles. The molecule has 2 amide bonds. The zero-order chi connectivity index (χ0) is 29.6. The van der Waals surface area contributed by atoms with Gasteiger partial charge in [0.25, 0.3) is 11.8 Å². The lowest BCUT2D eigenvalue weighted by molar-refractivity contribution is -0.140. The van der Waals surface area contributed by atoms with Crippen LogP contribution in [0.25, 0.3) is 5.65 Å². The van der Waals surface area contributed by atoms with Crippen molar-refractivity contribution in [1.29, 1.82) is 0 Å². The summed E-state index contributed by atoms with van der Waals surface area (Å²) in [7, 11) is 0. The number of aromatic nitrogens is 3. The van der Waals surface area contributed by atoms with Crippen LogP contribution in [0, 0.1) is 11.6 Å². The molecule has 4 aromatic rings. The molecule has 0 unspecified atom stereocenters. The summed E-state index contributed by atoms with van der Waals surface area (Å²) in [5.41, 5.74) is -1.12. The van der Waals surface area contributed by atoms with E-state index in [2.05, 4.69) is 20.7 Å². The molecule has 14 heteroatoms. The number of amides is 2. The number of halogens is 5. The lowest BCUT2D eigenvalue weighted by atomic mass is 10.0. The molecule has 0 radical (unpaired) electrons. The number of Topliss-reactive ketones (excluding diaryl/α,β-unsaturated/α-hetero) is 1. The van der Waals surface area contributed by atoms with Gasteiger partial charge in [-0.1, -0.05) is 18.2 Å². The Morgan fingerprint density at radius 3 is 2.51 bits per heavy atom. The molecule has 9 nitrogen and oxygen atoms in total. The van der Waals surface area contributed by atoms with Crippen LogP contribution in [0.1, 0.15) is 66.6 Å². The minimum absolute atomic E-state index is 0.0662. The molecule has 2 aromatic carbocycles. The lowest BCUT2D eigenvalue weighted by Gasteiger charge is -2.18. The van der Waals surface area contributed by atoms with E-state index in [9.17, 15) is 41.4 Å². The molecule has 2 aromatic heterocycles. The summed E-state index contributed by atoms with van der Waals surface area (Å²) in [6.07, 6.45) is -5.04. The predicted molar refractivity (Wildman–Crippen MR) is 132 cm³/mol. The number of hydrogen-bond acceptors (Lipinski definition) is 6. The van der Waals surface area contributed by atoms with Crippen molar-refractivity contribution in [3.05, 3.63) is 99.5 Å². The van der Waals surface area contributed by atoms with Gasteiger partial charge in [0, 0.05) is 24.6 Å². The topological polar surface area (TPSA) is 126 Å². The smallest absolute Gasteiger partial charge is 0.390 e. The summed E-state index contributed by atoms with van der Waals surface area (Å²) in [4.78, 5) is 41.7. The van der Waals surface area contributed by atoms with E-state index in [0.717, 1.165) is 22.8 Å². The second kappa shape index (κ2) is 10.4. The molecule has 0 spiro atoms. The number of hydrogen-bond donors (Lipinski definition) is 3. The highest BCUT2D eigenvalue weighted by Gasteiger charge is 2.35. The van der Waals surface area contributed by atoms with Gasteiger partial charge in [-0.15, -0.1) is 0 Å². The molecule has 0 fully saturated rings. The van der Waals surface area contributed by atoms with Gasteiger partial charge < -0.3 is 15.7 Å². The fourth-order valence-corrected chi connectivity index (χ4v) is 4.63. The van der Waals surface area contributed by atoms with E-state index in [-0.39, 0.29) is 23.5 Å². The molecule has 212 valence electrons. The van der Waals surface area contributed by atoms with Crippen molar-refractivity contribution < 1.29 is 41.4 Å². The van der Waals surface area contributed by atoms with Crippen molar-refractivity contribution >= 4 is 23.2 Å². The molecule has 2 atom stereocenters. The number of rotatable bonds is 6. The molecule has 1 aliphatic rings. The third kappa shape index (κ3) is 5.37. The maximum atomic E-state index is 14.4. The van der Waals surface area contributed by atoms with Gasteiger partial charge in [-0.25, -0.2) is 18.3 Å². The van der Waals surface area contributed by atoms with Crippen molar-refractivity contribution in [3.8, 4) is 0 Å². The largest absolute Gasteiger partial charge is 0.419 e. The van der Waals surface area contributed by atoms with E-state index in [1.54, 1.807) is 18.2 Å². The Morgan fingerprint density at radius 2 is 1.80 bits per heavy atom. The van der Waals surface area contributed by atoms with E-state index < -0.39 is 65.2 Å². The monoisotopic (exact) mass is 573 g/mol. The zero-order valence-electron chi connectivity index (χ0n) is 21.1. The molecule has 0 bridgehead atoms. The van der Waals surface area contributed by atoms with E-state index in [1.165, 1.54) is 6.92 Å². The van der Waals surface area contributed by atoms with Crippen molar-refractivity contribution in [2.45, 2.75) is 38.2 Å². The SMILES string of the molecule is CC(=O)c1ccc2c(c1)C[C@H](O)[C@@H]2NC(=O)c1cc(C(=O)NCc2ccc(F)c(C(F)(F)F)c2)nc2c(F)cnn12. The number of carbonyl (C=O) groups excluding carboxylic acids is 3. The van der Waals surface area contributed by atoms with Gasteiger partial charge in [0.1, 0.15) is 17.2 Å². The zero-order valence-corrected chi connectivity index (χ0v) is 21.1. The number of alkyl halides is 3. The average Bonchev–Trinajstić information content (AvgIpc) is 3.44. The van der Waals surface area contributed by atoms with Gasteiger partial charge in [0.15, 0.2) is 17.2 Å². The van der Waals surface area contributed by atoms with Gasteiger partial charge in [-0.3, -0.25) is 14.4 Å². The minimum atomic E-state index is -4.94. The summed E-state index contributed by atoms with van der Waals surface area (Å²) < 4.78 is 67.9. The van der Waals surface area contributed by atoms with Crippen LogP contribution in [0.5, 0.6) is 0 Å². The van der Waals surface area contributed by atoms with Crippen LogP contribution in [-0.2, 0) is 19.1 Å². The first-order chi connectivity index (χ1) is 19.3. The first-order valence-electron chi connectivity index (χ1n) is 12.1. The van der Waals surface area contributed by atoms with Crippen LogP contribution in [0.15, 0.2) is 48.7 Å². The highest BCUT2D eigenvalue weighted by Crippen LogP contribution is 2.33. The molecule has 0 saturated carbocycles. The molecular formula is C27H20F5N5O4. The number of aliphatic hydroxyl groups is 1. The number of nitrogens with one attached hydrogen (secondary N) is 2. The molecule has 1 aliphatic carbocycles. The fourth-order valence-electron chi connectivity index (χ4n) is 4.63. The summed E-state index contributed by atoms with van der Waals surface area (Å²) >= 11 is 0. The molecule has 41 heavy (non-hydrogen) atoms. The Bertz CT molecular complexity index is 1720. The third-order valence-corrected chi connectivity index (χ3v) is 6.67. The molecule has 3 N–H and O–H groups in total. The molecule has 0 saturated heterocycles. The highest BCUT2D eigenvalue weighted by atomic mass is 19.4. The van der Waals surface area contributed by atoms with Gasteiger partial charge in [0.05, 0.1) is 23.9 Å². The second-order valence-electron chi connectivity index (χ2n) is 9.44. The van der Waals surface area contributed by atoms with Crippen LogP contribution < -0.4 is 10.6 Å². The lowest BCUT2D eigenvalue weighted by Crippen LogP contribution is -2.35. The van der Waals surface area contributed by atoms with Crippen LogP contribution in [0.4, 0.5) is 22.0 Å². The van der Waals surface area contributed by atoms with Crippen molar-refractivity contribution in [2.75, 3.05) is 0 Å². The van der Waals surface area contributed by atoms with E-state index in [4.69, 9.17) is 0 Å². The Balaban J connectivity index is 1.40. The second-order valence-corrected chi connectivity index (χ2v) is 9.44. The predicted octanol–water partition coefficient (Wildman–Crippen LogP) is 3.55. The minimum Gasteiger partial charge on any atom is -0.390 e. The molecule has 5 rings (SSSR count). The summed E-state index contributed by atoms with van der Waals surface area (Å²) in [5.74, 6) is -4.38. The summed E-state index contributed by atoms with van der Waals surface area (Å²) in [6, 6.07) is 7.15.